The van der Waals surface area contributed by atoms with Crippen molar-refractivity contribution in [2.24, 2.45) is 5.92 Å². The molecule has 6 heteroatoms. The number of nitrogens with one attached hydrogen (secondary N) is 2. The second-order valence-electron chi connectivity index (χ2n) is 6.76. The van der Waals surface area contributed by atoms with Crippen LogP contribution in [0.25, 0.3) is 0 Å². The largest absolute Gasteiger partial charge is 0.396 e. The highest BCUT2D eigenvalue weighted by molar-refractivity contribution is 5.74. The van der Waals surface area contributed by atoms with Gasteiger partial charge in [-0.2, -0.15) is 0 Å². The number of rotatable bonds is 7. The van der Waals surface area contributed by atoms with E-state index >= 15 is 0 Å². The molecule has 1 unspecified atom stereocenters. The molecule has 1 aliphatic rings. The zero-order chi connectivity index (χ0) is 17.4. The van der Waals surface area contributed by atoms with Gasteiger partial charge in [0.1, 0.15) is 5.82 Å². The molecule has 1 aliphatic carbocycles. The van der Waals surface area contributed by atoms with Crippen LogP contribution in [0.1, 0.15) is 44.1 Å². The van der Waals surface area contributed by atoms with Crippen LogP contribution in [0.4, 0.5) is 10.6 Å². The Morgan fingerprint density at radius 3 is 2.79 bits per heavy atom. The molecule has 24 heavy (non-hydrogen) atoms. The quantitative estimate of drug-likeness (QED) is 0.715. The monoisotopic (exact) mass is 334 g/mol. The van der Waals surface area contributed by atoms with E-state index in [2.05, 4.69) is 15.6 Å². The van der Waals surface area contributed by atoms with Gasteiger partial charge in [0, 0.05) is 39.5 Å². The molecule has 6 nitrogen and oxygen atoms in total. The van der Waals surface area contributed by atoms with E-state index in [-0.39, 0.29) is 18.7 Å². The van der Waals surface area contributed by atoms with E-state index in [0.717, 1.165) is 24.2 Å². The number of hydrogen-bond donors (Lipinski definition) is 3. The van der Waals surface area contributed by atoms with Gasteiger partial charge in [-0.25, -0.2) is 9.78 Å². The highest BCUT2D eigenvalue weighted by Gasteiger charge is 2.24. The van der Waals surface area contributed by atoms with Crippen LogP contribution in [0.15, 0.2) is 18.3 Å². The van der Waals surface area contributed by atoms with Crippen LogP contribution < -0.4 is 15.5 Å². The molecule has 134 valence electrons. The fourth-order valence-electron chi connectivity index (χ4n) is 3.32. The van der Waals surface area contributed by atoms with Crippen LogP contribution in [0, 0.1) is 5.92 Å². The Hall–Kier alpha value is -1.82. The van der Waals surface area contributed by atoms with Gasteiger partial charge in [-0.3, -0.25) is 0 Å². The van der Waals surface area contributed by atoms with Gasteiger partial charge in [0.15, 0.2) is 0 Å². The molecule has 0 bridgehead atoms. The molecule has 2 amide bonds. The summed E-state index contributed by atoms with van der Waals surface area (Å²) in [4.78, 5) is 18.4. The maximum atomic E-state index is 12.2. The first-order valence-electron chi connectivity index (χ1n) is 8.87. The average molecular weight is 334 g/mol. The minimum absolute atomic E-state index is 0.0603. The smallest absolute Gasteiger partial charge is 0.315 e. The summed E-state index contributed by atoms with van der Waals surface area (Å²) in [6.45, 7) is 0.573. The van der Waals surface area contributed by atoms with Crippen LogP contribution in [0.2, 0.25) is 0 Å². The zero-order valence-corrected chi connectivity index (χ0v) is 14.8. The number of carbonyl (C=O) groups excluding carboxylic acids is 1. The molecule has 1 saturated carbocycles. The Morgan fingerprint density at radius 1 is 1.38 bits per heavy atom. The molecule has 1 heterocycles. The maximum Gasteiger partial charge on any atom is 0.315 e. The Labute approximate surface area is 144 Å². The van der Waals surface area contributed by atoms with E-state index < -0.39 is 0 Å². The van der Waals surface area contributed by atoms with E-state index in [4.69, 9.17) is 0 Å². The first-order chi connectivity index (χ1) is 11.6. The molecule has 1 aromatic rings. The van der Waals surface area contributed by atoms with Crippen molar-refractivity contribution in [3.63, 3.8) is 0 Å². The van der Waals surface area contributed by atoms with Crippen molar-refractivity contribution in [2.75, 3.05) is 25.6 Å². The van der Waals surface area contributed by atoms with Crippen molar-refractivity contribution in [3.05, 3.63) is 23.9 Å². The molecular formula is C18H30N4O2. The molecule has 1 fully saturated rings. The van der Waals surface area contributed by atoms with E-state index in [1.807, 2.05) is 31.1 Å². The number of pyridine rings is 1. The van der Waals surface area contributed by atoms with E-state index in [0.29, 0.717) is 18.9 Å². The Balaban J connectivity index is 1.85. The minimum Gasteiger partial charge on any atom is -0.396 e. The number of anilines is 1. The minimum atomic E-state index is -0.165. The van der Waals surface area contributed by atoms with Gasteiger partial charge >= 0.3 is 6.03 Å². The number of aliphatic hydroxyl groups is 1. The lowest BCUT2D eigenvalue weighted by molar-refractivity contribution is 0.196. The number of aromatic nitrogens is 1. The number of carbonyl (C=O) groups is 1. The van der Waals surface area contributed by atoms with Crippen molar-refractivity contribution in [1.29, 1.82) is 0 Å². The van der Waals surface area contributed by atoms with Crippen molar-refractivity contribution in [2.45, 2.75) is 51.1 Å². The molecule has 0 aliphatic heterocycles. The first-order valence-corrected chi connectivity index (χ1v) is 8.87. The summed E-state index contributed by atoms with van der Waals surface area (Å²) in [5.74, 6) is 1.35. The highest BCUT2D eigenvalue weighted by Crippen LogP contribution is 2.27. The van der Waals surface area contributed by atoms with Gasteiger partial charge < -0.3 is 20.6 Å². The second-order valence-corrected chi connectivity index (χ2v) is 6.76. The predicted molar refractivity (Wildman–Crippen MR) is 96.0 cm³/mol. The lowest BCUT2D eigenvalue weighted by atomic mass is 9.83. The third kappa shape index (κ3) is 5.67. The summed E-state index contributed by atoms with van der Waals surface area (Å²) in [5, 5.41) is 15.3. The lowest BCUT2D eigenvalue weighted by Crippen LogP contribution is -2.46. The van der Waals surface area contributed by atoms with Gasteiger partial charge in [-0.1, -0.05) is 19.3 Å². The Morgan fingerprint density at radius 2 is 2.12 bits per heavy atom. The zero-order valence-electron chi connectivity index (χ0n) is 14.8. The lowest BCUT2D eigenvalue weighted by Gasteiger charge is -2.30. The molecule has 0 radical (unpaired) electrons. The molecule has 1 atom stereocenters. The highest BCUT2D eigenvalue weighted by atomic mass is 16.3. The van der Waals surface area contributed by atoms with E-state index in [1.54, 1.807) is 6.20 Å². The molecule has 0 saturated heterocycles. The van der Waals surface area contributed by atoms with Gasteiger partial charge in [-0.05, 0) is 42.9 Å². The van der Waals surface area contributed by atoms with Crippen LogP contribution in [-0.4, -0.2) is 42.9 Å². The summed E-state index contributed by atoms with van der Waals surface area (Å²) < 4.78 is 0. The third-order valence-electron chi connectivity index (χ3n) is 4.70. The van der Waals surface area contributed by atoms with Crippen molar-refractivity contribution >= 4 is 11.8 Å². The summed E-state index contributed by atoms with van der Waals surface area (Å²) in [7, 11) is 3.88. The summed E-state index contributed by atoms with van der Waals surface area (Å²) >= 11 is 0. The number of hydrogen-bond acceptors (Lipinski definition) is 4. The molecular weight excluding hydrogens is 304 g/mol. The van der Waals surface area contributed by atoms with E-state index in [9.17, 15) is 9.90 Å². The molecule has 3 N–H and O–H groups in total. The van der Waals surface area contributed by atoms with Crippen molar-refractivity contribution in [3.8, 4) is 0 Å². The Kier molecular flexibility index (Phi) is 7.31. The van der Waals surface area contributed by atoms with Crippen LogP contribution in [0.3, 0.4) is 0 Å². The topological polar surface area (TPSA) is 77.5 Å². The number of nitrogens with zero attached hydrogens (tertiary/aromatic N) is 2. The van der Waals surface area contributed by atoms with Crippen LogP contribution in [-0.2, 0) is 6.54 Å². The number of aliphatic hydroxyl groups excluding tert-OH is 1. The SMILES string of the molecule is CN(C)c1cc(CNC(=O)NC(CCO)C2CCCCC2)ccn1. The second kappa shape index (κ2) is 9.47. The van der Waals surface area contributed by atoms with Crippen molar-refractivity contribution in [1.82, 2.24) is 15.6 Å². The number of amides is 2. The molecule has 2 rings (SSSR count). The predicted octanol–water partition coefficient (Wildman–Crippen LogP) is 2.28. The van der Waals surface area contributed by atoms with Gasteiger partial charge in [0.25, 0.3) is 0 Å². The molecule has 0 aromatic carbocycles. The molecule has 0 spiro atoms. The Bertz CT molecular complexity index is 515. The first kappa shape index (κ1) is 18.5. The summed E-state index contributed by atoms with van der Waals surface area (Å²) in [6, 6.07) is 3.76. The normalized spacial score (nSPS) is 16.5. The third-order valence-corrected chi connectivity index (χ3v) is 4.70. The van der Waals surface area contributed by atoms with Gasteiger partial charge in [-0.15, -0.1) is 0 Å². The van der Waals surface area contributed by atoms with E-state index in [1.165, 1.54) is 19.3 Å². The van der Waals surface area contributed by atoms with Crippen LogP contribution in [0.5, 0.6) is 0 Å². The average Bonchev–Trinajstić information content (AvgIpc) is 2.60. The van der Waals surface area contributed by atoms with Crippen molar-refractivity contribution < 1.29 is 9.90 Å². The van der Waals surface area contributed by atoms with Gasteiger partial charge in [0.05, 0.1) is 0 Å². The number of urea groups is 1. The standard InChI is InChI=1S/C18H30N4O2/c1-22(2)17-12-14(8-10-19-17)13-20-18(24)21-16(9-11-23)15-6-4-3-5-7-15/h8,10,12,15-16,23H,3-7,9,11,13H2,1-2H3,(H2,20,21,24). The maximum absolute atomic E-state index is 12.2. The molecule has 1 aromatic heterocycles. The van der Waals surface area contributed by atoms with Crippen LogP contribution >= 0.6 is 0 Å². The fourth-order valence-corrected chi connectivity index (χ4v) is 3.32. The summed E-state index contributed by atoms with van der Waals surface area (Å²) in [6.07, 6.45) is 8.38. The fraction of sp³-hybridized carbons (Fsp3) is 0.667. The summed E-state index contributed by atoms with van der Waals surface area (Å²) in [5.41, 5.74) is 1.01. The van der Waals surface area contributed by atoms with Gasteiger partial charge in [0.2, 0.25) is 0 Å².